The zero-order valence-electron chi connectivity index (χ0n) is 16.8. The average molecular weight is 372 g/mol. The molecule has 1 aliphatic heterocycles. The van der Waals surface area contributed by atoms with Crippen LogP contribution in [0.5, 0.6) is 0 Å². The second kappa shape index (κ2) is 7.90. The molecule has 0 fully saturated rings. The van der Waals surface area contributed by atoms with Crippen molar-refractivity contribution in [2.45, 2.75) is 66.0 Å². The highest BCUT2D eigenvalue weighted by molar-refractivity contribution is 6.40. The minimum absolute atomic E-state index is 0.154. The number of hydrogen-bond acceptors (Lipinski definition) is 4. The summed E-state index contributed by atoms with van der Waals surface area (Å²) >= 11 is 0. The molecular formula is C20H28N4O3. The summed E-state index contributed by atoms with van der Waals surface area (Å²) in [7, 11) is 0. The molecule has 2 rings (SSSR count). The van der Waals surface area contributed by atoms with Crippen LogP contribution in [-0.4, -0.2) is 35.0 Å². The number of anilines is 1. The van der Waals surface area contributed by atoms with Crippen molar-refractivity contribution in [2.24, 2.45) is 5.10 Å². The van der Waals surface area contributed by atoms with Gasteiger partial charge in [0.15, 0.2) is 0 Å². The van der Waals surface area contributed by atoms with Gasteiger partial charge in [0.2, 0.25) is 11.8 Å². The summed E-state index contributed by atoms with van der Waals surface area (Å²) in [4.78, 5) is 37.1. The molecule has 1 aromatic rings. The first kappa shape index (κ1) is 20.6. The Bertz CT molecular complexity index is 793. The van der Waals surface area contributed by atoms with Gasteiger partial charge in [-0.3, -0.25) is 14.4 Å². The Balaban J connectivity index is 2.17. The number of nitrogens with zero attached hydrogens (tertiary/aromatic N) is 2. The van der Waals surface area contributed by atoms with Crippen LogP contribution in [-0.2, 0) is 14.4 Å². The lowest BCUT2D eigenvalue weighted by Crippen LogP contribution is -2.52. The normalized spacial score (nSPS) is 15.9. The summed E-state index contributed by atoms with van der Waals surface area (Å²) in [6.07, 6.45) is 0.446. The van der Waals surface area contributed by atoms with Gasteiger partial charge < -0.3 is 10.6 Å². The number of amides is 3. The van der Waals surface area contributed by atoms with E-state index < -0.39 is 11.9 Å². The van der Waals surface area contributed by atoms with Gasteiger partial charge in [-0.2, -0.15) is 5.10 Å². The third-order valence-electron chi connectivity index (χ3n) is 4.13. The molecular weight excluding hydrogens is 344 g/mol. The molecule has 0 aliphatic carbocycles. The molecule has 0 aromatic heterocycles. The molecule has 0 bridgehead atoms. The highest BCUT2D eigenvalue weighted by Gasteiger charge is 2.28. The maximum Gasteiger partial charge on any atom is 0.268 e. The Labute approximate surface area is 160 Å². The highest BCUT2D eigenvalue weighted by Crippen LogP contribution is 2.25. The van der Waals surface area contributed by atoms with Gasteiger partial charge in [-0.25, -0.2) is 5.01 Å². The molecule has 27 heavy (non-hydrogen) atoms. The van der Waals surface area contributed by atoms with Gasteiger partial charge in [0.05, 0.1) is 5.69 Å². The number of hydrazone groups is 1. The monoisotopic (exact) mass is 372 g/mol. The Morgan fingerprint density at radius 1 is 1.19 bits per heavy atom. The second-order valence-corrected chi connectivity index (χ2v) is 7.98. The Hall–Kier alpha value is -2.70. The largest absolute Gasteiger partial charge is 0.350 e. The summed E-state index contributed by atoms with van der Waals surface area (Å²) in [5.41, 5.74) is 2.43. The van der Waals surface area contributed by atoms with Crippen LogP contribution in [0.2, 0.25) is 0 Å². The molecule has 0 saturated carbocycles. The smallest absolute Gasteiger partial charge is 0.268 e. The number of rotatable bonds is 4. The number of aryl methyl sites for hydroxylation is 2. The Kier molecular flexibility index (Phi) is 6.03. The zero-order chi connectivity index (χ0) is 20.4. The van der Waals surface area contributed by atoms with E-state index in [1.807, 2.05) is 52.8 Å². The molecule has 2 N–H and O–H groups in total. The highest BCUT2D eigenvalue weighted by atomic mass is 16.2. The van der Waals surface area contributed by atoms with Crippen LogP contribution >= 0.6 is 0 Å². The van der Waals surface area contributed by atoms with Crippen LogP contribution in [0.25, 0.3) is 0 Å². The molecule has 1 aromatic carbocycles. The van der Waals surface area contributed by atoms with Crippen molar-refractivity contribution in [1.29, 1.82) is 0 Å². The number of carbonyl (C=O) groups excluding carboxylic acids is 3. The third kappa shape index (κ3) is 5.39. The van der Waals surface area contributed by atoms with Crippen LogP contribution in [0.4, 0.5) is 5.69 Å². The molecule has 1 aliphatic rings. The van der Waals surface area contributed by atoms with Crippen LogP contribution < -0.4 is 15.6 Å². The van der Waals surface area contributed by atoms with Crippen molar-refractivity contribution in [3.05, 3.63) is 29.3 Å². The van der Waals surface area contributed by atoms with Crippen molar-refractivity contribution in [3.8, 4) is 0 Å². The van der Waals surface area contributed by atoms with Crippen LogP contribution in [0.15, 0.2) is 23.3 Å². The van der Waals surface area contributed by atoms with E-state index in [1.54, 1.807) is 6.92 Å². The van der Waals surface area contributed by atoms with E-state index in [0.29, 0.717) is 5.69 Å². The van der Waals surface area contributed by atoms with Gasteiger partial charge in [0, 0.05) is 18.4 Å². The summed E-state index contributed by atoms with van der Waals surface area (Å²) in [5, 5.41) is 11.1. The fourth-order valence-electron chi connectivity index (χ4n) is 2.68. The van der Waals surface area contributed by atoms with Crippen molar-refractivity contribution in [3.63, 3.8) is 0 Å². The van der Waals surface area contributed by atoms with Crippen molar-refractivity contribution in [1.82, 2.24) is 10.6 Å². The van der Waals surface area contributed by atoms with E-state index in [9.17, 15) is 14.4 Å². The van der Waals surface area contributed by atoms with Crippen LogP contribution in [0.1, 0.15) is 51.7 Å². The van der Waals surface area contributed by atoms with E-state index in [4.69, 9.17) is 0 Å². The zero-order valence-corrected chi connectivity index (χ0v) is 16.8. The SMILES string of the molecule is Cc1ccc(C)c(N2N=C(C(=O)N[C@H](C)C(=O)NC(C)(C)C)CCC2=O)c1. The van der Waals surface area contributed by atoms with Gasteiger partial charge in [0.1, 0.15) is 11.8 Å². The molecule has 7 heteroatoms. The first-order valence-electron chi connectivity index (χ1n) is 9.08. The molecule has 146 valence electrons. The molecule has 0 unspecified atom stereocenters. The lowest BCUT2D eigenvalue weighted by atomic mass is 10.1. The maximum absolute atomic E-state index is 12.6. The lowest BCUT2D eigenvalue weighted by molar-refractivity contribution is -0.127. The quantitative estimate of drug-likeness (QED) is 0.849. The average Bonchev–Trinajstić information content (AvgIpc) is 2.56. The van der Waals surface area contributed by atoms with Crippen LogP contribution in [0.3, 0.4) is 0 Å². The van der Waals surface area contributed by atoms with E-state index in [1.165, 1.54) is 5.01 Å². The number of carbonyl (C=O) groups is 3. The molecule has 3 amide bonds. The topological polar surface area (TPSA) is 90.9 Å². The first-order valence-corrected chi connectivity index (χ1v) is 9.08. The molecule has 0 spiro atoms. The number of nitrogens with one attached hydrogen (secondary N) is 2. The van der Waals surface area contributed by atoms with Gasteiger partial charge >= 0.3 is 0 Å². The Morgan fingerprint density at radius 3 is 2.48 bits per heavy atom. The number of benzene rings is 1. The van der Waals surface area contributed by atoms with Gasteiger partial charge in [0.25, 0.3) is 5.91 Å². The number of hydrogen-bond donors (Lipinski definition) is 2. The molecule has 1 heterocycles. The maximum atomic E-state index is 12.6. The first-order chi connectivity index (χ1) is 12.5. The molecule has 7 nitrogen and oxygen atoms in total. The summed E-state index contributed by atoms with van der Waals surface area (Å²) in [6, 6.07) is 5.05. The predicted molar refractivity (Wildman–Crippen MR) is 106 cm³/mol. The fourth-order valence-corrected chi connectivity index (χ4v) is 2.68. The van der Waals surface area contributed by atoms with Crippen molar-refractivity contribution < 1.29 is 14.4 Å². The predicted octanol–water partition coefficient (Wildman–Crippen LogP) is 2.21. The Morgan fingerprint density at radius 2 is 1.85 bits per heavy atom. The van der Waals surface area contributed by atoms with Crippen LogP contribution in [0, 0.1) is 13.8 Å². The van der Waals surface area contributed by atoms with Gasteiger partial charge in [-0.1, -0.05) is 12.1 Å². The lowest BCUT2D eigenvalue weighted by Gasteiger charge is -2.26. The van der Waals surface area contributed by atoms with Crippen molar-refractivity contribution in [2.75, 3.05) is 5.01 Å². The molecule has 1 atom stereocenters. The summed E-state index contributed by atoms with van der Waals surface area (Å²) < 4.78 is 0. The molecule has 0 radical (unpaired) electrons. The van der Waals surface area contributed by atoms with Gasteiger partial charge in [-0.15, -0.1) is 0 Å². The van der Waals surface area contributed by atoms with E-state index in [2.05, 4.69) is 15.7 Å². The summed E-state index contributed by atoms with van der Waals surface area (Å²) in [5.74, 6) is -0.858. The minimum atomic E-state index is -0.703. The second-order valence-electron chi connectivity index (χ2n) is 7.98. The molecule has 0 saturated heterocycles. The van der Waals surface area contributed by atoms with E-state index in [-0.39, 0.29) is 35.9 Å². The van der Waals surface area contributed by atoms with E-state index in [0.717, 1.165) is 11.1 Å². The minimum Gasteiger partial charge on any atom is -0.350 e. The van der Waals surface area contributed by atoms with E-state index >= 15 is 0 Å². The van der Waals surface area contributed by atoms with Crippen molar-refractivity contribution >= 4 is 29.1 Å². The standard InChI is InChI=1S/C20H28N4O3/c1-12-7-8-13(2)16(11-12)24-17(25)10-9-15(23-24)19(27)21-14(3)18(26)22-20(4,5)6/h7-8,11,14H,9-10H2,1-6H3,(H,21,27)(H,22,26)/t14-/m1/s1. The van der Waals surface area contributed by atoms with Gasteiger partial charge in [-0.05, 0) is 58.7 Å². The summed E-state index contributed by atoms with van der Waals surface area (Å²) in [6.45, 7) is 11.1. The third-order valence-corrected chi connectivity index (χ3v) is 4.13. The fraction of sp³-hybridized carbons (Fsp3) is 0.500.